The summed E-state index contributed by atoms with van der Waals surface area (Å²) in [4.78, 5) is 0. The first-order valence-electron chi connectivity index (χ1n) is 5.38. The summed E-state index contributed by atoms with van der Waals surface area (Å²) >= 11 is 3.53. The number of benzene rings is 1. The maximum absolute atomic E-state index is 5.63. The molecule has 0 bridgehead atoms. The van der Waals surface area contributed by atoms with Crippen molar-refractivity contribution in [2.24, 2.45) is 5.41 Å². The fraction of sp³-hybridized carbons (Fsp3) is 0.538. The Morgan fingerprint density at radius 3 is 2.47 bits per heavy atom. The molecule has 0 spiro atoms. The Morgan fingerprint density at radius 2 is 1.87 bits per heavy atom. The molecule has 0 aliphatic rings. The van der Waals surface area contributed by atoms with E-state index in [0.717, 1.165) is 24.1 Å². The van der Waals surface area contributed by atoms with Crippen LogP contribution in [0.5, 0.6) is 5.75 Å². The average molecular weight is 271 g/mol. The Kier molecular flexibility index (Phi) is 5.16. The van der Waals surface area contributed by atoms with Gasteiger partial charge in [0.2, 0.25) is 0 Å². The van der Waals surface area contributed by atoms with E-state index in [1.54, 1.807) is 0 Å². The van der Waals surface area contributed by atoms with Crippen LogP contribution in [0.4, 0.5) is 0 Å². The normalized spacial score (nSPS) is 11.4. The molecular formula is C13H19BrO. The molecule has 0 N–H and O–H groups in total. The minimum atomic E-state index is 0.375. The predicted molar refractivity (Wildman–Crippen MR) is 68.7 cm³/mol. The third-order valence-corrected chi connectivity index (χ3v) is 3.89. The number of hydrogen-bond donors (Lipinski definition) is 0. The lowest BCUT2D eigenvalue weighted by atomic mass is 9.91. The SMILES string of the molecule is CC(C)(CBr)CCCOc1ccccc1. The van der Waals surface area contributed by atoms with E-state index in [2.05, 4.69) is 29.8 Å². The van der Waals surface area contributed by atoms with E-state index in [4.69, 9.17) is 4.74 Å². The molecule has 0 aromatic heterocycles. The highest BCUT2D eigenvalue weighted by atomic mass is 79.9. The van der Waals surface area contributed by atoms with E-state index >= 15 is 0 Å². The lowest BCUT2D eigenvalue weighted by Crippen LogP contribution is -2.14. The third kappa shape index (κ3) is 5.22. The summed E-state index contributed by atoms with van der Waals surface area (Å²) in [6.07, 6.45) is 2.29. The van der Waals surface area contributed by atoms with Crippen LogP contribution in [0.15, 0.2) is 30.3 Å². The maximum Gasteiger partial charge on any atom is 0.119 e. The van der Waals surface area contributed by atoms with Crippen LogP contribution < -0.4 is 4.74 Å². The minimum Gasteiger partial charge on any atom is -0.494 e. The van der Waals surface area contributed by atoms with Crippen molar-refractivity contribution >= 4 is 15.9 Å². The molecule has 15 heavy (non-hydrogen) atoms. The smallest absolute Gasteiger partial charge is 0.119 e. The Bertz CT molecular complexity index is 269. The first-order chi connectivity index (χ1) is 7.14. The zero-order chi connectivity index (χ0) is 11.1. The van der Waals surface area contributed by atoms with Crippen molar-refractivity contribution in [3.63, 3.8) is 0 Å². The first kappa shape index (κ1) is 12.6. The van der Waals surface area contributed by atoms with Crippen LogP contribution in [0.2, 0.25) is 0 Å². The van der Waals surface area contributed by atoms with Gasteiger partial charge in [-0.15, -0.1) is 0 Å². The molecule has 0 aliphatic carbocycles. The molecule has 1 aromatic rings. The van der Waals surface area contributed by atoms with Gasteiger partial charge in [-0.3, -0.25) is 0 Å². The molecular weight excluding hydrogens is 252 g/mol. The fourth-order valence-corrected chi connectivity index (χ4v) is 1.60. The predicted octanol–water partition coefficient (Wildman–Crippen LogP) is 4.27. The Hall–Kier alpha value is -0.500. The Balaban J connectivity index is 2.18. The van der Waals surface area contributed by atoms with Gasteiger partial charge in [0.1, 0.15) is 5.75 Å². The van der Waals surface area contributed by atoms with Gasteiger partial charge in [0.15, 0.2) is 0 Å². The van der Waals surface area contributed by atoms with Gasteiger partial charge in [0.05, 0.1) is 6.61 Å². The van der Waals surface area contributed by atoms with Gasteiger partial charge in [-0.1, -0.05) is 48.0 Å². The van der Waals surface area contributed by atoms with Gasteiger partial charge >= 0.3 is 0 Å². The van der Waals surface area contributed by atoms with Crippen LogP contribution in [-0.2, 0) is 0 Å². The van der Waals surface area contributed by atoms with E-state index in [0.29, 0.717) is 5.41 Å². The maximum atomic E-state index is 5.63. The van der Waals surface area contributed by atoms with Crippen molar-refractivity contribution in [3.8, 4) is 5.75 Å². The van der Waals surface area contributed by atoms with Gasteiger partial charge in [0, 0.05) is 5.33 Å². The van der Waals surface area contributed by atoms with Crippen LogP contribution in [0.1, 0.15) is 26.7 Å². The topological polar surface area (TPSA) is 9.23 Å². The van der Waals surface area contributed by atoms with Crippen LogP contribution in [-0.4, -0.2) is 11.9 Å². The highest BCUT2D eigenvalue weighted by Crippen LogP contribution is 2.24. The Morgan fingerprint density at radius 1 is 1.20 bits per heavy atom. The van der Waals surface area contributed by atoms with Gasteiger partial charge in [-0.05, 0) is 30.4 Å². The molecule has 0 aliphatic heterocycles. The molecule has 0 atom stereocenters. The monoisotopic (exact) mass is 270 g/mol. The largest absolute Gasteiger partial charge is 0.494 e. The standard InChI is InChI=1S/C13H19BrO/c1-13(2,11-14)9-6-10-15-12-7-4-3-5-8-12/h3-5,7-8H,6,9-11H2,1-2H3. The van der Waals surface area contributed by atoms with Gasteiger partial charge < -0.3 is 4.74 Å². The van der Waals surface area contributed by atoms with E-state index in [1.165, 1.54) is 6.42 Å². The van der Waals surface area contributed by atoms with Crippen LogP contribution in [0.25, 0.3) is 0 Å². The van der Waals surface area contributed by atoms with Gasteiger partial charge in [0.25, 0.3) is 0 Å². The molecule has 2 heteroatoms. The third-order valence-electron chi connectivity index (χ3n) is 2.37. The Labute approximate surface area is 101 Å². The zero-order valence-corrected chi connectivity index (χ0v) is 11.1. The van der Waals surface area contributed by atoms with Crippen molar-refractivity contribution in [1.82, 2.24) is 0 Å². The summed E-state index contributed by atoms with van der Waals surface area (Å²) in [5.41, 5.74) is 0.375. The van der Waals surface area contributed by atoms with Crippen molar-refractivity contribution in [2.75, 3.05) is 11.9 Å². The minimum absolute atomic E-state index is 0.375. The second-order valence-corrected chi connectivity index (χ2v) is 5.12. The molecule has 1 aromatic carbocycles. The molecule has 0 heterocycles. The lowest BCUT2D eigenvalue weighted by Gasteiger charge is -2.21. The second-order valence-electron chi connectivity index (χ2n) is 4.56. The van der Waals surface area contributed by atoms with E-state index in [-0.39, 0.29) is 0 Å². The zero-order valence-electron chi connectivity index (χ0n) is 9.50. The van der Waals surface area contributed by atoms with Crippen molar-refractivity contribution in [3.05, 3.63) is 30.3 Å². The summed E-state index contributed by atoms with van der Waals surface area (Å²) in [5, 5.41) is 1.05. The summed E-state index contributed by atoms with van der Waals surface area (Å²) in [6.45, 7) is 5.34. The molecule has 0 amide bonds. The highest BCUT2D eigenvalue weighted by molar-refractivity contribution is 9.09. The number of rotatable bonds is 6. The number of halogens is 1. The van der Waals surface area contributed by atoms with E-state index < -0.39 is 0 Å². The van der Waals surface area contributed by atoms with Crippen LogP contribution in [0.3, 0.4) is 0 Å². The summed E-state index contributed by atoms with van der Waals surface area (Å²) < 4.78 is 5.63. The van der Waals surface area contributed by atoms with Crippen LogP contribution >= 0.6 is 15.9 Å². The molecule has 0 saturated carbocycles. The lowest BCUT2D eigenvalue weighted by molar-refractivity contribution is 0.272. The fourth-order valence-electron chi connectivity index (χ4n) is 1.32. The summed E-state index contributed by atoms with van der Waals surface area (Å²) in [6, 6.07) is 9.99. The molecule has 0 radical (unpaired) electrons. The number of alkyl halides is 1. The molecule has 0 fully saturated rings. The molecule has 1 rings (SSSR count). The van der Waals surface area contributed by atoms with Crippen molar-refractivity contribution < 1.29 is 4.74 Å². The molecule has 84 valence electrons. The number of para-hydroxylation sites is 1. The second kappa shape index (κ2) is 6.16. The number of hydrogen-bond acceptors (Lipinski definition) is 1. The number of ether oxygens (including phenoxy) is 1. The van der Waals surface area contributed by atoms with Crippen LogP contribution in [0, 0.1) is 5.41 Å². The highest BCUT2D eigenvalue weighted by Gasteiger charge is 2.14. The average Bonchev–Trinajstić information content (AvgIpc) is 2.26. The van der Waals surface area contributed by atoms with Gasteiger partial charge in [-0.25, -0.2) is 0 Å². The quantitative estimate of drug-likeness (QED) is 0.554. The molecule has 0 unspecified atom stereocenters. The van der Waals surface area contributed by atoms with Crippen molar-refractivity contribution in [2.45, 2.75) is 26.7 Å². The van der Waals surface area contributed by atoms with Gasteiger partial charge in [-0.2, -0.15) is 0 Å². The summed E-state index contributed by atoms with van der Waals surface area (Å²) in [7, 11) is 0. The molecule has 1 nitrogen and oxygen atoms in total. The van der Waals surface area contributed by atoms with E-state index in [9.17, 15) is 0 Å². The van der Waals surface area contributed by atoms with Crippen molar-refractivity contribution in [1.29, 1.82) is 0 Å². The first-order valence-corrected chi connectivity index (χ1v) is 6.50. The molecule has 0 saturated heterocycles. The summed E-state index contributed by atoms with van der Waals surface area (Å²) in [5.74, 6) is 0.967. The van der Waals surface area contributed by atoms with E-state index in [1.807, 2.05) is 30.3 Å².